The summed E-state index contributed by atoms with van der Waals surface area (Å²) < 4.78 is 16.8. The molecule has 1 aromatic rings. The van der Waals surface area contributed by atoms with Gasteiger partial charge in [0.15, 0.2) is 18.1 Å². The first kappa shape index (κ1) is 24.1. The lowest BCUT2D eigenvalue weighted by Gasteiger charge is -2.39. The minimum absolute atomic E-state index is 0.0552. The van der Waals surface area contributed by atoms with Crippen molar-refractivity contribution in [3.05, 3.63) is 18.2 Å². The number of hydrogen-bond donors (Lipinski definition) is 1. The summed E-state index contributed by atoms with van der Waals surface area (Å²) in [4.78, 5) is 15.6. The Labute approximate surface area is 208 Å². The van der Waals surface area contributed by atoms with E-state index < -0.39 is 0 Å². The lowest BCUT2D eigenvalue weighted by Crippen LogP contribution is -2.55. The van der Waals surface area contributed by atoms with E-state index in [0.717, 1.165) is 43.0 Å². The molecule has 4 unspecified atom stereocenters. The fourth-order valence-electron chi connectivity index (χ4n) is 6.26. The number of nitrogens with one attached hydrogen (secondary N) is 1. The molecule has 4 atom stereocenters. The van der Waals surface area contributed by atoms with Crippen LogP contribution in [0.3, 0.4) is 0 Å². The molecular weight excluding hydrogens is 448 g/mol. The summed E-state index contributed by atoms with van der Waals surface area (Å²) in [6, 6.07) is 5.50. The van der Waals surface area contributed by atoms with E-state index in [9.17, 15) is 4.79 Å². The number of thioether (sulfide) groups is 1. The van der Waals surface area contributed by atoms with E-state index in [4.69, 9.17) is 14.2 Å². The molecule has 6 nitrogen and oxygen atoms in total. The van der Waals surface area contributed by atoms with Gasteiger partial charge < -0.3 is 19.1 Å². The maximum atomic E-state index is 13.5. The summed E-state index contributed by atoms with van der Waals surface area (Å²) in [7, 11) is 0. The summed E-state index contributed by atoms with van der Waals surface area (Å²) in [5, 5.41) is 4.25. The van der Waals surface area contributed by atoms with Gasteiger partial charge in [-0.2, -0.15) is 11.8 Å². The third-order valence-electron chi connectivity index (χ3n) is 8.17. The smallest absolute Gasteiger partial charge is 0.261 e. The Bertz CT molecular complexity index is 823. The highest BCUT2D eigenvalue weighted by Gasteiger charge is 2.36. The molecule has 0 radical (unpaired) electrons. The summed E-state index contributed by atoms with van der Waals surface area (Å²) >= 11 is 2.09. The summed E-state index contributed by atoms with van der Waals surface area (Å²) in [5.41, 5.74) is 0. The largest absolute Gasteiger partial charge is 0.484 e. The summed E-state index contributed by atoms with van der Waals surface area (Å²) in [6.07, 6.45) is 11.7. The molecule has 0 aromatic heterocycles. The lowest BCUT2D eigenvalue weighted by atomic mass is 9.88. The highest BCUT2D eigenvalue weighted by molar-refractivity contribution is 8.00. The Morgan fingerprint density at radius 1 is 1.15 bits per heavy atom. The van der Waals surface area contributed by atoms with E-state index in [0.29, 0.717) is 16.7 Å². The van der Waals surface area contributed by atoms with Crippen LogP contribution >= 0.6 is 11.8 Å². The van der Waals surface area contributed by atoms with Crippen LogP contribution in [0.15, 0.2) is 18.2 Å². The molecule has 1 saturated carbocycles. The van der Waals surface area contributed by atoms with Crippen molar-refractivity contribution < 1.29 is 19.0 Å². The van der Waals surface area contributed by atoms with Crippen molar-refractivity contribution in [2.24, 2.45) is 17.8 Å². The molecule has 1 amide bonds. The first-order chi connectivity index (χ1) is 16.7. The SMILES string of the molecule is CCCC1CCC(N(CC2CC(C3CCCC3)CS2)C(=O)COc2ccc3c(c2)OCO3)NC1. The number of fused-ring (bicyclic) bond motifs is 1. The second kappa shape index (κ2) is 11.4. The maximum absolute atomic E-state index is 13.5. The van der Waals surface area contributed by atoms with Crippen LogP contribution in [0.25, 0.3) is 0 Å². The monoisotopic (exact) mass is 488 g/mol. The van der Waals surface area contributed by atoms with Gasteiger partial charge in [0.25, 0.3) is 5.91 Å². The zero-order valence-corrected chi connectivity index (χ0v) is 21.3. The third kappa shape index (κ3) is 5.78. The molecule has 2 saturated heterocycles. The molecule has 1 aromatic carbocycles. The van der Waals surface area contributed by atoms with Crippen molar-refractivity contribution >= 4 is 17.7 Å². The van der Waals surface area contributed by atoms with Gasteiger partial charge in [0.05, 0.1) is 6.17 Å². The van der Waals surface area contributed by atoms with Crippen LogP contribution in [0.2, 0.25) is 0 Å². The lowest BCUT2D eigenvalue weighted by molar-refractivity contribution is -0.137. The van der Waals surface area contributed by atoms with Gasteiger partial charge in [0.1, 0.15) is 5.75 Å². The number of piperidine rings is 1. The molecule has 34 heavy (non-hydrogen) atoms. The molecule has 4 aliphatic rings. The minimum atomic E-state index is 0.0552. The van der Waals surface area contributed by atoms with Crippen molar-refractivity contribution in [1.29, 1.82) is 0 Å². The van der Waals surface area contributed by atoms with Gasteiger partial charge in [-0.05, 0) is 67.9 Å². The van der Waals surface area contributed by atoms with E-state index in [1.54, 1.807) is 0 Å². The molecule has 188 valence electrons. The van der Waals surface area contributed by atoms with Crippen molar-refractivity contribution in [3.8, 4) is 17.2 Å². The van der Waals surface area contributed by atoms with E-state index in [1.165, 1.54) is 57.1 Å². The number of hydrogen-bond acceptors (Lipinski definition) is 6. The predicted octanol–water partition coefficient (Wildman–Crippen LogP) is 5.06. The number of nitrogens with zero attached hydrogens (tertiary/aromatic N) is 1. The molecule has 0 spiro atoms. The van der Waals surface area contributed by atoms with Gasteiger partial charge in [0.2, 0.25) is 6.79 Å². The quantitative estimate of drug-likeness (QED) is 0.524. The van der Waals surface area contributed by atoms with E-state index in [-0.39, 0.29) is 25.5 Å². The fourth-order valence-corrected chi connectivity index (χ4v) is 7.83. The van der Waals surface area contributed by atoms with Crippen LogP contribution in [-0.4, -0.2) is 54.5 Å². The Morgan fingerprint density at radius 3 is 2.79 bits per heavy atom. The van der Waals surface area contributed by atoms with Crippen LogP contribution in [0, 0.1) is 17.8 Å². The number of amides is 1. The van der Waals surface area contributed by atoms with Gasteiger partial charge >= 0.3 is 0 Å². The van der Waals surface area contributed by atoms with Crippen LogP contribution in [0.1, 0.15) is 64.7 Å². The molecular formula is C27H40N2O4S. The number of carbonyl (C=O) groups excluding carboxylic acids is 1. The average Bonchev–Trinajstić information content (AvgIpc) is 3.63. The molecule has 3 fully saturated rings. The van der Waals surface area contributed by atoms with Gasteiger partial charge in [0, 0.05) is 17.9 Å². The highest BCUT2D eigenvalue weighted by atomic mass is 32.2. The second-order valence-corrected chi connectivity index (χ2v) is 11.8. The van der Waals surface area contributed by atoms with Crippen LogP contribution in [0.5, 0.6) is 17.2 Å². The first-order valence-corrected chi connectivity index (χ1v) is 14.4. The first-order valence-electron chi connectivity index (χ1n) is 13.4. The summed E-state index contributed by atoms with van der Waals surface area (Å²) in [5.74, 6) is 5.88. The van der Waals surface area contributed by atoms with Crippen molar-refractivity contribution in [1.82, 2.24) is 10.2 Å². The van der Waals surface area contributed by atoms with E-state index in [2.05, 4.69) is 28.9 Å². The fraction of sp³-hybridized carbons (Fsp3) is 0.741. The Kier molecular flexibility index (Phi) is 8.10. The van der Waals surface area contributed by atoms with Crippen molar-refractivity contribution in [3.63, 3.8) is 0 Å². The number of ether oxygens (including phenoxy) is 3. The summed E-state index contributed by atoms with van der Waals surface area (Å²) in [6.45, 7) is 4.38. The third-order valence-corrected chi connectivity index (χ3v) is 9.60. The molecule has 7 heteroatoms. The topological polar surface area (TPSA) is 60.0 Å². The maximum Gasteiger partial charge on any atom is 0.261 e. The predicted molar refractivity (Wildman–Crippen MR) is 136 cm³/mol. The standard InChI is InChI=1S/C27H40N2O4S/c1-2-5-19-8-11-26(28-14-19)29(15-23-12-21(17-34-23)20-6-3-4-7-20)27(30)16-31-22-9-10-24-25(13-22)33-18-32-24/h9-10,13,19-21,23,26,28H,2-8,11-12,14-18H2,1H3. The van der Waals surface area contributed by atoms with Crippen molar-refractivity contribution in [2.45, 2.75) is 76.1 Å². The Hall–Kier alpha value is -1.60. The second-order valence-electron chi connectivity index (χ2n) is 10.5. The molecule has 1 aliphatic carbocycles. The van der Waals surface area contributed by atoms with Crippen LogP contribution < -0.4 is 19.5 Å². The molecule has 3 aliphatic heterocycles. The van der Waals surface area contributed by atoms with Gasteiger partial charge in [-0.15, -0.1) is 0 Å². The van der Waals surface area contributed by atoms with E-state index >= 15 is 0 Å². The van der Waals surface area contributed by atoms with Crippen LogP contribution in [0.4, 0.5) is 0 Å². The molecule has 3 heterocycles. The highest BCUT2D eigenvalue weighted by Crippen LogP contribution is 2.43. The van der Waals surface area contributed by atoms with Crippen LogP contribution in [-0.2, 0) is 4.79 Å². The average molecular weight is 489 g/mol. The molecule has 0 bridgehead atoms. The Balaban J connectivity index is 1.20. The molecule has 1 N–H and O–H groups in total. The van der Waals surface area contributed by atoms with Gasteiger partial charge in [-0.3, -0.25) is 10.1 Å². The van der Waals surface area contributed by atoms with Gasteiger partial charge in [-0.25, -0.2) is 0 Å². The zero-order chi connectivity index (χ0) is 23.3. The van der Waals surface area contributed by atoms with E-state index in [1.807, 2.05) is 18.2 Å². The number of benzene rings is 1. The Morgan fingerprint density at radius 2 is 2.00 bits per heavy atom. The normalized spacial score (nSPS) is 28.9. The number of rotatable bonds is 9. The van der Waals surface area contributed by atoms with Crippen molar-refractivity contribution in [2.75, 3.05) is 32.2 Å². The molecule has 5 rings (SSSR count). The number of carbonyl (C=O) groups is 1. The minimum Gasteiger partial charge on any atom is -0.484 e. The van der Waals surface area contributed by atoms with Gasteiger partial charge in [-0.1, -0.05) is 39.0 Å². The zero-order valence-electron chi connectivity index (χ0n) is 20.5.